The Morgan fingerprint density at radius 2 is 1.93 bits per heavy atom. The quantitative estimate of drug-likeness (QED) is 0.748. The van der Waals surface area contributed by atoms with Crippen LogP contribution in [0.4, 0.5) is 0 Å². The van der Waals surface area contributed by atoms with Crippen LogP contribution in [0.5, 0.6) is 5.75 Å². The number of hydrogen-bond donors (Lipinski definition) is 1. The molecule has 0 aliphatic heterocycles. The summed E-state index contributed by atoms with van der Waals surface area (Å²) in [7, 11) is 0. The third kappa shape index (κ3) is 1.49. The van der Waals surface area contributed by atoms with Gasteiger partial charge in [-0.1, -0.05) is 0 Å². The number of hydrogen-bond acceptors (Lipinski definition) is 3. The van der Waals surface area contributed by atoms with Crippen LogP contribution in [-0.4, -0.2) is 16.7 Å². The molecule has 2 rings (SSSR count). The molecule has 0 saturated heterocycles. The number of phenolic OH excluding ortho intramolecular Hbond substituents is 1. The number of allylic oxidation sites excluding steroid dienone is 2. The third-order valence-electron chi connectivity index (χ3n) is 2.33. The molecule has 1 aliphatic rings. The number of halogens is 1. The second-order valence-corrected chi connectivity index (χ2v) is 4.50. The molecule has 0 bridgehead atoms. The zero-order valence-corrected chi connectivity index (χ0v) is 10.0. The van der Waals surface area contributed by atoms with Crippen molar-refractivity contribution in [2.24, 2.45) is 0 Å². The highest BCUT2D eigenvalue weighted by Gasteiger charge is 2.26. The third-order valence-corrected chi connectivity index (χ3v) is 3.20. The molecular formula is C11H7IO3. The molecule has 0 radical (unpaired) electrons. The largest absolute Gasteiger partial charge is 0.506 e. The van der Waals surface area contributed by atoms with Gasteiger partial charge >= 0.3 is 0 Å². The average Bonchev–Trinajstić information content (AvgIpc) is 2.18. The molecule has 4 heteroatoms. The maximum Gasteiger partial charge on any atom is 0.190 e. The van der Waals surface area contributed by atoms with Gasteiger partial charge in [0.15, 0.2) is 11.6 Å². The number of rotatable bonds is 0. The Labute approximate surface area is 99.9 Å². The van der Waals surface area contributed by atoms with E-state index in [1.807, 2.05) is 22.6 Å². The molecule has 0 fully saturated rings. The number of ketones is 2. The number of fused-ring (bicyclic) bond motifs is 1. The van der Waals surface area contributed by atoms with E-state index >= 15 is 0 Å². The predicted molar refractivity (Wildman–Crippen MR) is 63.2 cm³/mol. The molecule has 0 unspecified atom stereocenters. The van der Waals surface area contributed by atoms with Gasteiger partial charge in [0.05, 0.1) is 9.13 Å². The van der Waals surface area contributed by atoms with Gasteiger partial charge in [0.25, 0.3) is 0 Å². The Bertz CT molecular complexity index is 515. The van der Waals surface area contributed by atoms with Gasteiger partial charge in [-0.3, -0.25) is 9.59 Å². The van der Waals surface area contributed by atoms with Crippen LogP contribution >= 0.6 is 22.6 Å². The summed E-state index contributed by atoms with van der Waals surface area (Å²) in [6.07, 6.45) is 1.26. The highest BCUT2D eigenvalue weighted by atomic mass is 127. The molecule has 1 aliphatic carbocycles. The van der Waals surface area contributed by atoms with Crippen molar-refractivity contribution < 1.29 is 14.7 Å². The van der Waals surface area contributed by atoms with Gasteiger partial charge in [0.2, 0.25) is 0 Å². The van der Waals surface area contributed by atoms with Crippen molar-refractivity contribution in [1.29, 1.82) is 0 Å². The fourth-order valence-corrected chi connectivity index (χ4v) is 2.00. The molecule has 0 atom stereocenters. The van der Waals surface area contributed by atoms with E-state index in [1.165, 1.54) is 6.08 Å². The molecule has 15 heavy (non-hydrogen) atoms. The lowest BCUT2D eigenvalue weighted by molar-refractivity contribution is 0.0982. The van der Waals surface area contributed by atoms with Gasteiger partial charge in [-0.2, -0.15) is 0 Å². The van der Waals surface area contributed by atoms with Crippen molar-refractivity contribution in [1.82, 2.24) is 0 Å². The first kappa shape index (κ1) is 10.4. The van der Waals surface area contributed by atoms with E-state index in [9.17, 15) is 14.7 Å². The molecule has 1 aromatic carbocycles. The first-order chi connectivity index (χ1) is 7.02. The van der Waals surface area contributed by atoms with Gasteiger partial charge in [-0.15, -0.1) is 0 Å². The summed E-state index contributed by atoms with van der Waals surface area (Å²) in [6, 6.07) is 3.20. The smallest absolute Gasteiger partial charge is 0.190 e. The van der Waals surface area contributed by atoms with Gasteiger partial charge < -0.3 is 5.11 Å². The summed E-state index contributed by atoms with van der Waals surface area (Å²) >= 11 is 1.92. The van der Waals surface area contributed by atoms with Crippen molar-refractivity contribution >= 4 is 34.2 Å². The number of Topliss-reactive ketones (excluding diaryl/α,β-unsaturated/α-hetero) is 1. The van der Waals surface area contributed by atoms with Crippen molar-refractivity contribution in [3.63, 3.8) is 0 Å². The maximum atomic E-state index is 11.7. The van der Waals surface area contributed by atoms with Gasteiger partial charge in [-0.25, -0.2) is 0 Å². The highest BCUT2D eigenvalue weighted by Crippen LogP contribution is 2.32. The minimum atomic E-state index is -0.307. The number of phenols is 1. The Balaban J connectivity index is 2.78. The molecule has 3 nitrogen and oxygen atoms in total. The molecule has 0 heterocycles. The second-order valence-electron chi connectivity index (χ2n) is 3.34. The van der Waals surface area contributed by atoms with Gasteiger partial charge in [0.1, 0.15) is 5.75 Å². The van der Waals surface area contributed by atoms with Crippen LogP contribution < -0.4 is 0 Å². The normalized spacial score (nSPS) is 14.9. The maximum absolute atomic E-state index is 11.7. The summed E-state index contributed by atoms with van der Waals surface area (Å²) in [5, 5.41) is 9.71. The second kappa shape index (κ2) is 3.44. The lowest BCUT2D eigenvalue weighted by Gasteiger charge is -2.14. The molecule has 0 spiro atoms. The van der Waals surface area contributed by atoms with E-state index in [4.69, 9.17) is 0 Å². The van der Waals surface area contributed by atoms with Crippen LogP contribution in [0.15, 0.2) is 23.8 Å². The molecule has 1 N–H and O–H groups in total. The average molecular weight is 314 g/mol. The lowest BCUT2D eigenvalue weighted by atomic mass is 9.90. The fraction of sp³-hybridized carbons (Fsp3) is 0.0909. The standard InChI is InChI=1S/C11H7IO3/c1-5-4-8(13)9-6(10(5)14)2-3-7(12)11(9)15/h2-4,15H,1H3. The molecule has 1 aromatic rings. The lowest BCUT2D eigenvalue weighted by Crippen LogP contribution is -2.15. The molecule has 0 amide bonds. The van der Waals surface area contributed by atoms with E-state index in [1.54, 1.807) is 19.1 Å². The highest BCUT2D eigenvalue weighted by molar-refractivity contribution is 14.1. The van der Waals surface area contributed by atoms with Crippen LogP contribution in [0.2, 0.25) is 0 Å². The van der Waals surface area contributed by atoms with Crippen molar-refractivity contribution in [3.8, 4) is 5.75 Å². The molecule has 76 valence electrons. The predicted octanol–water partition coefficient (Wildman–Crippen LogP) is 2.32. The zero-order valence-electron chi connectivity index (χ0n) is 7.87. The van der Waals surface area contributed by atoms with Crippen LogP contribution in [-0.2, 0) is 0 Å². The minimum absolute atomic E-state index is 0.102. The van der Waals surface area contributed by atoms with E-state index in [0.717, 1.165) is 0 Å². The number of benzene rings is 1. The summed E-state index contributed by atoms with van der Waals surface area (Å²) in [4.78, 5) is 23.3. The monoisotopic (exact) mass is 314 g/mol. The van der Waals surface area contributed by atoms with Crippen molar-refractivity contribution in [2.45, 2.75) is 6.92 Å². The topological polar surface area (TPSA) is 54.4 Å². The minimum Gasteiger partial charge on any atom is -0.506 e. The van der Waals surface area contributed by atoms with Crippen LogP contribution in [0, 0.1) is 3.57 Å². The summed E-state index contributed by atoms with van der Waals surface area (Å²) in [5.41, 5.74) is 0.823. The van der Waals surface area contributed by atoms with E-state index in [0.29, 0.717) is 9.14 Å². The van der Waals surface area contributed by atoms with E-state index in [-0.39, 0.29) is 28.4 Å². The Morgan fingerprint density at radius 3 is 2.60 bits per heavy atom. The fourth-order valence-electron chi connectivity index (χ4n) is 1.55. The molecule has 0 saturated carbocycles. The van der Waals surface area contributed by atoms with E-state index < -0.39 is 0 Å². The van der Waals surface area contributed by atoms with Crippen LogP contribution in [0.3, 0.4) is 0 Å². The Kier molecular flexibility index (Phi) is 2.38. The first-order valence-electron chi connectivity index (χ1n) is 4.31. The van der Waals surface area contributed by atoms with Crippen molar-refractivity contribution in [3.05, 3.63) is 38.5 Å². The van der Waals surface area contributed by atoms with Crippen LogP contribution in [0.1, 0.15) is 27.6 Å². The van der Waals surface area contributed by atoms with Gasteiger partial charge in [0, 0.05) is 11.1 Å². The SMILES string of the molecule is CC1=CC(=O)c2c(ccc(I)c2O)C1=O. The number of carbonyl (C=O) groups is 2. The number of aromatic hydroxyl groups is 1. The molecule has 0 aromatic heterocycles. The Hall–Kier alpha value is -1.17. The Morgan fingerprint density at radius 1 is 1.27 bits per heavy atom. The van der Waals surface area contributed by atoms with Gasteiger partial charge in [-0.05, 0) is 47.7 Å². The zero-order chi connectivity index (χ0) is 11.2. The first-order valence-corrected chi connectivity index (χ1v) is 5.39. The summed E-state index contributed by atoms with van der Waals surface area (Å²) < 4.78 is 0.570. The summed E-state index contributed by atoms with van der Waals surface area (Å²) in [5.74, 6) is -0.607. The van der Waals surface area contributed by atoms with Crippen LogP contribution in [0.25, 0.3) is 0 Å². The van der Waals surface area contributed by atoms with E-state index in [2.05, 4.69) is 0 Å². The molecular weight excluding hydrogens is 307 g/mol. The summed E-state index contributed by atoms with van der Waals surface area (Å²) in [6.45, 7) is 1.60. The van der Waals surface area contributed by atoms with Crippen molar-refractivity contribution in [2.75, 3.05) is 0 Å². The number of carbonyl (C=O) groups excluding carboxylic acids is 2.